The molecule has 0 bridgehead atoms. The third kappa shape index (κ3) is 4.48. The molecule has 0 atom stereocenters. The van der Waals surface area contributed by atoms with Crippen LogP contribution in [0.1, 0.15) is 0 Å². The molecule has 4 heteroatoms. The average molecular weight is 204 g/mol. The molecule has 0 saturated heterocycles. The van der Waals surface area contributed by atoms with Gasteiger partial charge in [0.25, 0.3) is 0 Å². The van der Waals surface area contributed by atoms with Crippen molar-refractivity contribution in [3.63, 3.8) is 0 Å². The average Bonchev–Trinajstić information content (AvgIpc) is 2.04. The van der Waals surface area contributed by atoms with E-state index in [4.69, 9.17) is 11.6 Å². The van der Waals surface area contributed by atoms with E-state index in [1.54, 1.807) is 24.3 Å². The van der Waals surface area contributed by atoms with Gasteiger partial charge in [-0.3, -0.25) is 0 Å². The maximum atomic E-state index is 10.8. The molecule has 1 rings (SSSR count). The van der Waals surface area contributed by atoms with E-state index >= 15 is 0 Å². The van der Waals surface area contributed by atoms with Gasteiger partial charge in [-0.05, 0) is 12.1 Å². The molecule has 0 saturated carbocycles. The van der Waals surface area contributed by atoms with Crippen molar-refractivity contribution in [2.75, 3.05) is 0 Å². The summed E-state index contributed by atoms with van der Waals surface area (Å²) in [5, 5.41) is 4.26. The van der Waals surface area contributed by atoms with Gasteiger partial charge in [-0.15, -0.1) is 5.69 Å². The van der Waals surface area contributed by atoms with Crippen LogP contribution in [0, 0.1) is 0 Å². The Bertz CT molecular complexity index is 314. The van der Waals surface area contributed by atoms with Crippen molar-refractivity contribution in [1.29, 1.82) is 0 Å². The van der Waals surface area contributed by atoms with Gasteiger partial charge in [-0.1, -0.05) is 36.4 Å². The number of halogens is 1. The fourth-order valence-electron chi connectivity index (χ4n) is 0.719. The maximum absolute atomic E-state index is 10.8. The van der Waals surface area contributed by atoms with E-state index in [2.05, 4.69) is 11.9 Å². The third-order valence-electron chi connectivity index (χ3n) is 1.22. The third-order valence-corrected chi connectivity index (χ3v) is 1.46. The number of carbonyl (C=O) groups is 1. The summed E-state index contributed by atoms with van der Waals surface area (Å²) in [6.45, 7) is 3.30. The molecule has 13 heavy (non-hydrogen) atoms. The largest absolute Gasteiger partial charge is 1.00 e. The van der Waals surface area contributed by atoms with Crippen molar-refractivity contribution in [2.24, 2.45) is 0 Å². The predicted octanol–water partition coefficient (Wildman–Crippen LogP) is 0.0618. The van der Waals surface area contributed by atoms with E-state index in [-0.39, 0.29) is 35.5 Å². The monoisotopic (exact) mass is 203 g/mol. The molecule has 0 aliphatic carbocycles. The molecule has 0 unspecified atom stereocenters. The van der Waals surface area contributed by atoms with Crippen molar-refractivity contribution >= 4 is 23.2 Å². The predicted molar refractivity (Wildman–Crippen MR) is 49.7 cm³/mol. The van der Waals surface area contributed by atoms with E-state index < -0.39 is 0 Å². The molecule has 0 spiro atoms. The molecule has 0 radical (unpaired) electrons. The van der Waals surface area contributed by atoms with E-state index in [0.29, 0.717) is 10.7 Å². The summed E-state index contributed by atoms with van der Waals surface area (Å²) in [6.07, 6.45) is 1.15. The second-order valence-electron chi connectivity index (χ2n) is 2.13. The van der Waals surface area contributed by atoms with Gasteiger partial charge in [0, 0.05) is 5.02 Å². The molecule has 62 valence electrons. The Balaban J connectivity index is 0.00000144. The molecular weight excluding hydrogens is 197 g/mol. The van der Waals surface area contributed by atoms with Crippen molar-refractivity contribution in [2.45, 2.75) is 0 Å². The normalized spacial score (nSPS) is 8.38. The van der Waals surface area contributed by atoms with Crippen LogP contribution in [0.2, 0.25) is 5.02 Å². The maximum Gasteiger partial charge on any atom is 1.00 e. The Morgan fingerprint density at radius 1 is 1.54 bits per heavy atom. The second-order valence-corrected chi connectivity index (χ2v) is 2.57. The number of rotatable bonds is 2. The zero-order valence-electron chi connectivity index (χ0n) is 7.33. The molecule has 1 aromatic rings. The summed E-state index contributed by atoms with van der Waals surface area (Å²) >= 11 is 5.67. The van der Waals surface area contributed by atoms with Crippen LogP contribution in [0.25, 0.3) is 5.32 Å². The molecule has 0 aliphatic heterocycles. The van der Waals surface area contributed by atoms with Crippen molar-refractivity contribution in [1.82, 2.24) is 0 Å². The summed E-state index contributed by atoms with van der Waals surface area (Å²) in [4.78, 5) is 10.8. The SMILES string of the molecule is C=CC(=O)[N-]c1cccc(Cl)c1.[Na+]. The van der Waals surface area contributed by atoms with Gasteiger partial charge in [0.15, 0.2) is 0 Å². The first-order chi connectivity index (χ1) is 5.72. The molecule has 2 nitrogen and oxygen atoms in total. The number of carbonyl (C=O) groups excluding carboxylic acids is 1. The topological polar surface area (TPSA) is 31.2 Å². The van der Waals surface area contributed by atoms with E-state index in [1.165, 1.54) is 0 Å². The summed E-state index contributed by atoms with van der Waals surface area (Å²) < 4.78 is 0. The zero-order chi connectivity index (χ0) is 8.97. The van der Waals surface area contributed by atoms with Crippen molar-refractivity contribution < 1.29 is 34.4 Å². The van der Waals surface area contributed by atoms with Crippen LogP contribution >= 0.6 is 11.6 Å². The molecule has 0 fully saturated rings. The van der Waals surface area contributed by atoms with Crippen LogP contribution in [0.5, 0.6) is 0 Å². The molecule has 1 amide bonds. The summed E-state index contributed by atoms with van der Waals surface area (Å²) in [5.74, 6) is -0.364. The van der Waals surface area contributed by atoms with Crippen LogP contribution in [0.15, 0.2) is 36.9 Å². The van der Waals surface area contributed by atoms with Crippen molar-refractivity contribution in [3.8, 4) is 0 Å². The van der Waals surface area contributed by atoms with Gasteiger partial charge in [-0.25, -0.2) is 0 Å². The van der Waals surface area contributed by atoms with Gasteiger partial charge in [0.05, 0.1) is 5.91 Å². The van der Waals surface area contributed by atoms with Crippen LogP contribution in [0.3, 0.4) is 0 Å². The van der Waals surface area contributed by atoms with E-state index in [1.807, 2.05) is 0 Å². The number of hydrogen-bond acceptors (Lipinski definition) is 1. The minimum absolute atomic E-state index is 0. The first-order valence-electron chi connectivity index (χ1n) is 3.36. The van der Waals surface area contributed by atoms with Gasteiger partial charge in [0.2, 0.25) is 0 Å². The standard InChI is InChI=1S/C9H8ClNO.Na/c1-2-9(12)11-8-5-3-4-7(10)6-8;/h2-6H,1H2,(H,11,12);/q;+1/p-1. The van der Waals surface area contributed by atoms with E-state index in [9.17, 15) is 4.79 Å². The Hall–Kier alpha value is -0.280. The molecule has 0 N–H and O–H groups in total. The molecule has 1 aromatic carbocycles. The number of amides is 1. The van der Waals surface area contributed by atoms with E-state index in [0.717, 1.165) is 6.08 Å². The Morgan fingerprint density at radius 3 is 2.77 bits per heavy atom. The minimum atomic E-state index is -0.364. The summed E-state index contributed by atoms with van der Waals surface area (Å²) in [7, 11) is 0. The molecule has 0 aromatic heterocycles. The number of hydrogen-bond donors (Lipinski definition) is 0. The fraction of sp³-hybridized carbons (Fsp3) is 0. The summed E-state index contributed by atoms with van der Waals surface area (Å²) in [5.41, 5.74) is 0.549. The molecular formula is C9H7ClNNaO. The van der Waals surface area contributed by atoms with Crippen LogP contribution in [0.4, 0.5) is 5.69 Å². The number of nitrogens with zero attached hydrogens (tertiary/aromatic N) is 1. The second kappa shape index (κ2) is 6.22. The van der Waals surface area contributed by atoms with Gasteiger partial charge in [-0.2, -0.15) is 0 Å². The van der Waals surface area contributed by atoms with Crippen molar-refractivity contribution in [3.05, 3.63) is 47.3 Å². The Morgan fingerprint density at radius 2 is 2.23 bits per heavy atom. The first-order valence-corrected chi connectivity index (χ1v) is 3.74. The smallest absolute Gasteiger partial charge is 0.623 e. The van der Waals surface area contributed by atoms with Gasteiger partial charge >= 0.3 is 29.6 Å². The van der Waals surface area contributed by atoms with Crippen LogP contribution < -0.4 is 29.6 Å². The van der Waals surface area contributed by atoms with Crippen LogP contribution in [-0.2, 0) is 4.79 Å². The number of benzene rings is 1. The fourth-order valence-corrected chi connectivity index (χ4v) is 0.903. The quantitative estimate of drug-likeness (QED) is 0.494. The van der Waals surface area contributed by atoms with Gasteiger partial charge in [0.1, 0.15) is 0 Å². The zero-order valence-corrected chi connectivity index (χ0v) is 10.1. The molecule has 0 aliphatic rings. The van der Waals surface area contributed by atoms with Crippen LogP contribution in [-0.4, -0.2) is 5.91 Å². The Labute approximate surface area is 104 Å². The Kier molecular flexibility index (Phi) is 6.08. The summed E-state index contributed by atoms with van der Waals surface area (Å²) in [6, 6.07) is 6.77. The van der Waals surface area contributed by atoms with Gasteiger partial charge < -0.3 is 10.1 Å². The minimum Gasteiger partial charge on any atom is -0.623 e. The first kappa shape index (κ1) is 12.7. The molecule has 0 heterocycles.